The third-order valence-electron chi connectivity index (χ3n) is 21.1. The van der Waals surface area contributed by atoms with E-state index in [1.807, 2.05) is 115 Å². The van der Waals surface area contributed by atoms with Crippen LogP contribution in [0.15, 0.2) is 196 Å². The second-order valence-corrected chi connectivity index (χ2v) is 29.6. The fourth-order valence-electron chi connectivity index (χ4n) is 14.9. The number of hydrogen-bond acceptors (Lipinski definition) is 30. The number of hydrogen-bond donors (Lipinski definition) is 9. The summed E-state index contributed by atoms with van der Waals surface area (Å²) in [5.41, 5.74) is 5.00. The molecule has 2 aliphatic carbocycles. The molecule has 8 fully saturated rings. The van der Waals surface area contributed by atoms with Crippen LogP contribution in [0.25, 0.3) is 45.6 Å². The molecular formula is C84H79N21O21. The molecule has 12 unspecified atom stereocenters. The lowest BCUT2D eigenvalue weighted by Crippen LogP contribution is -2.33. The smallest absolute Gasteiger partial charge is 0.341 e. The Labute approximate surface area is 713 Å². The number of pyridine rings is 3. The molecule has 6 saturated heterocycles. The van der Waals surface area contributed by atoms with Crippen molar-refractivity contribution in [3.8, 4) is 17.6 Å². The van der Waals surface area contributed by atoms with Crippen LogP contribution >= 0.6 is 0 Å². The number of anilines is 3. The average Bonchev–Trinajstić information content (AvgIpc) is 1.60. The Morgan fingerprint density at radius 1 is 0.397 bits per heavy atom. The molecule has 8 aliphatic rings. The number of carboxylic acid groups (broad SMARTS) is 3. The van der Waals surface area contributed by atoms with E-state index in [1.165, 1.54) is 80.3 Å². The lowest BCUT2D eigenvalue weighted by molar-refractivity contribution is -0.152. The molecule has 42 heteroatoms. The lowest BCUT2D eigenvalue weighted by Gasteiger charge is -2.21. The monoisotopic (exact) mass is 1720 g/mol. The maximum absolute atomic E-state index is 12.4. The van der Waals surface area contributed by atoms with Crippen LogP contribution in [0.4, 0.5) is 31.8 Å². The van der Waals surface area contributed by atoms with Gasteiger partial charge in [-0.3, -0.25) is 29.7 Å². The van der Waals surface area contributed by atoms with Crippen LogP contribution in [0.1, 0.15) is 105 Å². The number of benzene rings is 3. The summed E-state index contributed by atoms with van der Waals surface area (Å²) in [5.74, 6) is -2.78. The largest absolute Gasteiger partial charge is 0.477 e. The van der Waals surface area contributed by atoms with E-state index in [0.717, 1.165) is 42.4 Å². The van der Waals surface area contributed by atoms with Crippen molar-refractivity contribution in [2.24, 2.45) is 0 Å². The van der Waals surface area contributed by atoms with Gasteiger partial charge in [-0.25, -0.2) is 88.6 Å². The van der Waals surface area contributed by atoms with Crippen molar-refractivity contribution in [2.45, 2.75) is 137 Å². The quantitative estimate of drug-likeness (QED) is 0.0245. The van der Waals surface area contributed by atoms with E-state index in [4.69, 9.17) is 56.8 Å². The zero-order valence-corrected chi connectivity index (χ0v) is 66.5. The summed E-state index contributed by atoms with van der Waals surface area (Å²) in [4.78, 5) is 123. The Kier molecular flexibility index (Phi) is 24.1. The van der Waals surface area contributed by atoms with E-state index in [0.29, 0.717) is 40.0 Å². The third-order valence-corrected chi connectivity index (χ3v) is 21.1. The number of fused-ring (bicyclic) bond motifs is 6. The van der Waals surface area contributed by atoms with Crippen LogP contribution in [0.5, 0.6) is 17.6 Å². The van der Waals surface area contributed by atoms with Crippen LogP contribution < -0.4 is 46.1 Å². The lowest BCUT2D eigenvalue weighted by atomic mass is 10.1. The van der Waals surface area contributed by atoms with Gasteiger partial charge in [0.2, 0.25) is 17.6 Å². The summed E-state index contributed by atoms with van der Waals surface area (Å²) in [6.07, 6.45) is 14.6. The van der Waals surface area contributed by atoms with Crippen LogP contribution in [-0.4, -0.2) is 231 Å². The Morgan fingerprint density at radius 2 is 0.738 bits per heavy atom. The van der Waals surface area contributed by atoms with E-state index < -0.39 is 116 Å². The highest BCUT2D eigenvalue weighted by Crippen LogP contribution is 2.47. The van der Waals surface area contributed by atoms with Gasteiger partial charge in [0.25, 0.3) is 0 Å². The van der Waals surface area contributed by atoms with Gasteiger partial charge in [0.15, 0.2) is 88.5 Å². The van der Waals surface area contributed by atoms with Crippen molar-refractivity contribution >= 4 is 99.1 Å². The SMILES string of the molecule is CCNC(=O)Nc1ncnc2c1ncn2C1OC(COc2ncccc2C(=O)O)C2O[C@H](/C=C/c3ccccc3)OC21.O=C(Nc1ncnc2c1ncn2C1OC(COc2ncccc2C(=O)O)C2O[C@H](/C=C/c3ccccc3)OC21)NC1CC1.O=C(Nc1ncnc2c1ncn2C1OC(COc2ncccc2C(=O)O)C2O[C@H](c3ccccc3)OC21)NC1CC1. The number of urea groups is 3. The average molecular weight is 1720 g/mol. The maximum Gasteiger partial charge on any atom is 0.341 e. The molecule has 0 spiro atoms. The predicted octanol–water partition coefficient (Wildman–Crippen LogP) is 8.53. The number of carbonyl (C=O) groups excluding carboxylic acids is 3. The van der Waals surface area contributed by atoms with Crippen LogP contribution in [0, 0.1) is 0 Å². The molecule has 2 saturated carbocycles. The molecule has 6 amide bonds. The summed E-state index contributed by atoms with van der Waals surface area (Å²) < 4.78 is 79.5. The van der Waals surface area contributed by atoms with Gasteiger partial charge < -0.3 is 88.1 Å². The number of aromatic nitrogens is 15. The highest BCUT2D eigenvalue weighted by Gasteiger charge is 2.57. The number of amides is 6. The molecule has 126 heavy (non-hydrogen) atoms. The first-order valence-electron chi connectivity index (χ1n) is 40.2. The summed E-state index contributed by atoms with van der Waals surface area (Å²) in [6.45, 7) is 2.10. The van der Waals surface area contributed by atoms with Crippen molar-refractivity contribution in [3.05, 3.63) is 229 Å². The Hall–Kier alpha value is -14.5. The molecule has 15 atom stereocenters. The highest BCUT2D eigenvalue weighted by atomic mass is 16.8. The molecule has 9 N–H and O–H groups in total. The van der Waals surface area contributed by atoms with Gasteiger partial charge in [-0.1, -0.05) is 103 Å². The molecule has 20 rings (SSSR count). The van der Waals surface area contributed by atoms with Crippen molar-refractivity contribution in [2.75, 3.05) is 42.3 Å². The molecule has 0 radical (unpaired) electrons. The molecule has 42 nitrogen and oxygen atoms in total. The molecule has 12 aromatic rings. The molecule has 3 aromatic carbocycles. The molecule has 9 aromatic heterocycles. The second kappa shape index (κ2) is 36.9. The summed E-state index contributed by atoms with van der Waals surface area (Å²) in [6, 6.07) is 37.0. The van der Waals surface area contributed by atoms with E-state index in [2.05, 4.69) is 91.7 Å². The number of carboxylic acids is 3. The zero-order valence-electron chi connectivity index (χ0n) is 66.5. The first-order valence-corrected chi connectivity index (χ1v) is 40.2. The highest BCUT2D eigenvalue weighted by molar-refractivity contribution is 5.98. The Bertz CT molecular complexity index is 6030. The van der Waals surface area contributed by atoms with Crippen LogP contribution in [-0.2, 0) is 42.6 Å². The van der Waals surface area contributed by atoms with Crippen LogP contribution in [0.2, 0.25) is 0 Å². The van der Waals surface area contributed by atoms with Gasteiger partial charge >= 0.3 is 36.0 Å². The first-order chi connectivity index (χ1) is 61.6. The zero-order chi connectivity index (χ0) is 86.3. The van der Waals surface area contributed by atoms with E-state index in [-0.39, 0.29) is 95.8 Å². The summed E-state index contributed by atoms with van der Waals surface area (Å²) in [7, 11) is 0. The van der Waals surface area contributed by atoms with Gasteiger partial charge in [0.05, 0.1) is 19.0 Å². The van der Waals surface area contributed by atoms with Crippen molar-refractivity contribution < 1.29 is 101 Å². The summed E-state index contributed by atoms with van der Waals surface area (Å²) in [5, 5.41) is 45.1. The van der Waals surface area contributed by atoms with Gasteiger partial charge in [0.1, 0.15) is 110 Å². The van der Waals surface area contributed by atoms with Crippen LogP contribution in [0.3, 0.4) is 0 Å². The number of carbonyl (C=O) groups is 6. The third kappa shape index (κ3) is 18.3. The van der Waals surface area contributed by atoms with Gasteiger partial charge in [-0.05, 0) is 92.3 Å². The fraction of sp³-hybridized carbons (Fsp3) is 0.310. The second-order valence-electron chi connectivity index (χ2n) is 29.6. The standard InChI is InChI=1S/C29H27N7O7.C28H27N7O7.C27H25N7O7/c37-28(38)18-7-4-12-30-26(18)40-13-19-22-23(43-20(42-22)11-8-16-5-2-1-3-6-16)27(41-19)36-15-33-21-24(31-14-32-25(21)36)35-29(39)34-17-9-10-17;1-2-29-28(38)34-23-20-24(32-14-31-23)35(15-33-20)26-22-21(41-19(42-22)11-10-16-7-4-3-5-8-16)18(40-26)13-39-25-17(27(36)37)9-6-12-30-25;35-25(36)16-7-4-10-28-23(16)38-11-17-19-20(41-26(40-19)14-5-2-1-3-6-14)24(39-17)34-13-31-18-21(29-12-30-22(18)34)33-27(37)32-15-8-9-15/h1-8,11-12,14-15,17,19-20,22-23,27H,9-10,13H2,(H,37,38)(H2,31,32,34,35,39);3-12,14-15,18-19,21-22,26H,2,13H2,1H3,(H,36,37)(H2,29,31,32,34,38);1-7,10,12-13,15,17,19-20,24,26H,8-9,11H2,(H,35,36)(H2,29,30,32,33,37)/b11-8+;11-10+;/t19?,20-,22?,23?,27?;18?,19-,21?,22?,26?;17?,19?,20?,24?,26-/m000/s1. The number of imidazole rings is 3. The number of nitrogens with one attached hydrogen (secondary N) is 6. The van der Waals surface area contributed by atoms with E-state index in [1.54, 1.807) is 33.3 Å². The normalized spacial score (nSPS) is 24.3. The Balaban J connectivity index is 0.000000128. The molecular weight excluding hydrogens is 1640 g/mol. The van der Waals surface area contributed by atoms with Gasteiger partial charge in [0, 0.05) is 42.8 Å². The van der Waals surface area contributed by atoms with Gasteiger partial charge in [-0.15, -0.1) is 0 Å². The maximum atomic E-state index is 12.4. The molecule has 0 bridgehead atoms. The number of ether oxygens (including phenoxy) is 12. The minimum Gasteiger partial charge on any atom is -0.477 e. The minimum absolute atomic E-state index is 0.0249. The van der Waals surface area contributed by atoms with E-state index >= 15 is 0 Å². The number of rotatable bonds is 26. The molecule has 646 valence electrons. The van der Waals surface area contributed by atoms with E-state index in [9.17, 15) is 44.1 Å². The number of nitrogens with zero attached hydrogens (tertiary/aromatic N) is 15. The predicted molar refractivity (Wildman–Crippen MR) is 438 cm³/mol. The number of aromatic carboxylic acids is 3. The first kappa shape index (κ1) is 82.5. The minimum atomic E-state index is -1.16. The van der Waals surface area contributed by atoms with Crippen molar-refractivity contribution in [1.29, 1.82) is 0 Å². The topological polar surface area (TPSA) is 516 Å². The summed E-state index contributed by atoms with van der Waals surface area (Å²) >= 11 is 0. The van der Waals surface area contributed by atoms with Crippen molar-refractivity contribution in [3.63, 3.8) is 0 Å². The molecule has 15 heterocycles. The van der Waals surface area contributed by atoms with Gasteiger partial charge in [-0.2, -0.15) is 0 Å². The fourth-order valence-corrected chi connectivity index (χ4v) is 14.9. The Morgan fingerprint density at radius 3 is 1.10 bits per heavy atom. The molecule has 6 aliphatic heterocycles. The van der Waals surface area contributed by atoms with Crippen molar-refractivity contribution in [1.82, 2.24) is 89.5 Å².